The first-order valence-corrected chi connectivity index (χ1v) is 8.23. The van der Waals surface area contributed by atoms with Crippen molar-refractivity contribution in [3.8, 4) is 0 Å². The largest absolute Gasteiger partial charge is 0.375 e. The van der Waals surface area contributed by atoms with E-state index in [-0.39, 0.29) is 30.5 Å². The number of hydrogen-bond acceptors (Lipinski definition) is 6. The zero-order valence-electron chi connectivity index (χ0n) is 13.4. The second kappa shape index (κ2) is 8.48. The zero-order chi connectivity index (χ0) is 16.2. The fraction of sp³-hybridized carbons (Fsp3) is 0.400. The van der Waals surface area contributed by atoms with E-state index in [0.29, 0.717) is 13.2 Å². The molecule has 24 heavy (non-hydrogen) atoms. The van der Waals surface area contributed by atoms with E-state index in [1.165, 1.54) is 11.8 Å². The van der Waals surface area contributed by atoms with Crippen LogP contribution >= 0.6 is 24.2 Å². The average Bonchev–Trinajstić information content (AvgIpc) is 2.95. The first-order valence-electron chi connectivity index (χ1n) is 7.41. The van der Waals surface area contributed by atoms with Gasteiger partial charge in [0.2, 0.25) is 5.91 Å². The first kappa shape index (κ1) is 18.7. The van der Waals surface area contributed by atoms with Crippen LogP contribution in [0.1, 0.15) is 6.92 Å². The molecular formula is C15H20ClN5O2S. The van der Waals surface area contributed by atoms with Crippen molar-refractivity contribution in [2.75, 3.05) is 18.5 Å². The van der Waals surface area contributed by atoms with Crippen LogP contribution in [0, 0.1) is 0 Å². The number of anilines is 1. The lowest BCUT2D eigenvalue weighted by atomic mass is 10.1. The molecule has 1 fully saturated rings. The number of aromatic nitrogens is 3. The summed E-state index contributed by atoms with van der Waals surface area (Å²) < 4.78 is 7.35. The van der Waals surface area contributed by atoms with E-state index in [1.807, 2.05) is 42.8 Å². The van der Waals surface area contributed by atoms with Gasteiger partial charge < -0.3 is 19.9 Å². The molecule has 7 nitrogen and oxygen atoms in total. The smallest absolute Gasteiger partial charge is 0.244 e. The third-order valence-electron chi connectivity index (χ3n) is 3.60. The maximum absolute atomic E-state index is 12.3. The number of aryl methyl sites for hydroxylation is 1. The number of ether oxygens (including phenoxy) is 1. The summed E-state index contributed by atoms with van der Waals surface area (Å²) in [6, 6.07) is 7.33. The molecule has 2 atom stereocenters. The van der Waals surface area contributed by atoms with Crippen molar-refractivity contribution in [3.63, 3.8) is 0 Å². The number of carbonyl (C=O) groups is 1. The summed E-state index contributed by atoms with van der Waals surface area (Å²) in [5.41, 5.74) is 0.761. The number of nitrogens with zero attached hydrogens (tertiary/aromatic N) is 3. The maximum Gasteiger partial charge on any atom is 0.244 e. The fourth-order valence-corrected chi connectivity index (χ4v) is 3.09. The van der Waals surface area contributed by atoms with Crippen LogP contribution in [-0.2, 0) is 16.6 Å². The van der Waals surface area contributed by atoms with Gasteiger partial charge in [0, 0.05) is 24.2 Å². The second-order valence-corrected chi connectivity index (χ2v) is 6.39. The van der Waals surface area contributed by atoms with Crippen molar-refractivity contribution in [1.29, 1.82) is 0 Å². The van der Waals surface area contributed by atoms with E-state index >= 15 is 0 Å². The lowest BCUT2D eigenvalue weighted by Crippen LogP contribution is -2.53. The molecule has 0 aliphatic carbocycles. The second-order valence-electron chi connectivity index (χ2n) is 5.35. The molecular weight excluding hydrogens is 350 g/mol. The highest BCUT2D eigenvalue weighted by Crippen LogP contribution is 2.26. The van der Waals surface area contributed by atoms with Crippen LogP contribution in [0.5, 0.6) is 0 Å². The van der Waals surface area contributed by atoms with Gasteiger partial charge in [-0.25, -0.2) is 0 Å². The Morgan fingerprint density at radius 1 is 1.42 bits per heavy atom. The Hall–Kier alpha value is -1.61. The Labute approximate surface area is 151 Å². The predicted octanol–water partition coefficient (Wildman–Crippen LogP) is 1.70. The van der Waals surface area contributed by atoms with Gasteiger partial charge in [-0.3, -0.25) is 4.79 Å². The number of nitrogens with one attached hydrogen (secondary N) is 2. The molecule has 2 N–H and O–H groups in total. The zero-order valence-corrected chi connectivity index (χ0v) is 15.1. The molecule has 0 saturated carbocycles. The van der Waals surface area contributed by atoms with E-state index in [1.54, 1.807) is 6.33 Å². The highest BCUT2D eigenvalue weighted by atomic mass is 35.5. The molecule has 1 saturated heterocycles. The lowest BCUT2D eigenvalue weighted by molar-refractivity contribution is -0.123. The minimum atomic E-state index is -0.323. The van der Waals surface area contributed by atoms with Crippen molar-refractivity contribution < 1.29 is 9.53 Å². The third kappa shape index (κ3) is 4.47. The number of morpholine rings is 1. The number of halogens is 1. The number of carbonyl (C=O) groups excluding carboxylic acids is 1. The SMILES string of the molecule is C[C@H]1OCCN[C@@H]1C(=O)Nc1ccc(Sc2nncn2C)cc1.Cl. The number of rotatable bonds is 4. The van der Waals surface area contributed by atoms with E-state index in [0.717, 1.165) is 15.7 Å². The lowest BCUT2D eigenvalue weighted by Gasteiger charge is -2.29. The quantitative estimate of drug-likeness (QED) is 0.853. The van der Waals surface area contributed by atoms with E-state index in [4.69, 9.17) is 4.74 Å². The molecule has 1 amide bonds. The molecule has 1 aromatic carbocycles. The molecule has 1 aromatic heterocycles. The number of benzene rings is 1. The summed E-state index contributed by atoms with van der Waals surface area (Å²) in [6.45, 7) is 3.23. The standard InChI is InChI=1S/C15H19N5O2S.ClH/c1-10-13(16-7-8-22-10)14(21)18-11-3-5-12(6-4-11)23-15-19-17-9-20(15)2;/h3-6,9-10,13,16H,7-8H2,1-2H3,(H,18,21);1H/t10-,13+;/m1./s1. The van der Waals surface area contributed by atoms with Crippen molar-refractivity contribution >= 4 is 35.8 Å². The molecule has 2 heterocycles. The molecule has 1 aliphatic heterocycles. The van der Waals surface area contributed by atoms with Gasteiger partial charge in [-0.15, -0.1) is 22.6 Å². The topological polar surface area (TPSA) is 81.1 Å². The van der Waals surface area contributed by atoms with E-state index < -0.39 is 0 Å². The minimum Gasteiger partial charge on any atom is -0.375 e. The molecule has 9 heteroatoms. The van der Waals surface area contributed by atoms with Gasteiger partial charge in [-0.05, 0) is 43.0 Å². The van der Waals surface area contributed by atoms with Crippen LogP contribution in [0.2, 0.25) is 0 Å². The summed E-state index contributed by atoms with van der Waals surface area (Å²) in [5, 5.41) is 14.8. The monoisotopic (exact) mass is 369 g/mol. The van der Waals surface area contributed by atoms with E-state index in [9.17, 15) is 4.79 Å². The van der Waals surface area contributed by atoms with Crippen LogP contribution in [0.4, 0.5) is 5.69 Å². The van der Waals surface area contributed by atoms with Crippen LogP contribution in [0.25, 0.3) is 0 Å². The van der Waals surface area contributed by atoms with E-state index in [2.05, 4.69) is 20.8 Å². The number of hydrogen-bond donors (Lipinski definition) is 2. The summed E-state index contributed by atoms with van der Waals surface area (Å²) in [6.07, 6.45) is 1.53. The van der Waals surface area contributed by atoms with Crippen molar-refractivity contribution in [2.24, 2.45) is 7.05 Å². The Bertz CT molecular complexity index is 679. The van der Waals surface area contributed by atoms with Crippen LogP contribution in [0.15, 0.2) is 40.6 Å². The normalized spacial score (nSPS) is 20.2. The van der Waals surface area contributed by atoms with Crippen molar-refractivity contribution in [1.82, 2.24) is 20.1 Å². The fourth-order valence-electron chi connectivity index (χ4n) is 2.32. The summed E-state index contributed by atoms with van der Waals surface area (Å²) in [5.74, 6) is -0.0779. The highest BCUT2D eigenvalue weighted by Gasteiger charge is 2.28. The summed E-state index contributed by atoms with van der Waals surface area (Å²) in [7, 11) is 1.90. The van der Waals surface area contributed by atoms with Crippen LogP contribution < -0.4 is 10.6 Å². The predicted molar refractivity (Wildman–Crippen MR) is 94.7 cm³/mol. The van der Waals surface area contributed by atoms with Crippen LogP contribution in [0.3, 0.4) is 0 Å². The number of amides is 1. The Kier molecular flexibility index (Phi) is 6.61. The van der Waals surface area contributed by atoms with Crippen molar-refractivity contribution in [3.05, 3.63) is 30.6 Å². The summed E-state index contributed by atoms with van der Waals surface area (Å²) in [4.78, 5) is 13.3. The molecule has 3 rings (SSSR count). The highest BCUT2D eigenvalue weighted by molar-refractivity contribution is 7.99. The molecule has 0 unspecified atom stereocenters. The Balaban J connectivity index is 0.00000208. The van der Waals surface area contributed by atoms with Gasteiger partial charge in [0.25, 0.3) is 0 Å². The molecule has 130 valence electrons. The minimum absolute atomic E-state index is 0. The Morgan fingerprint density at radius 3 is 2.79 bits per heavy atom. The maximum atomic E-state index is 12.3. The third-order valence-corrected chi connectivity index (χ3v) is 4.66. The van der Waals surface area contributed by atoms with Gasteiger partial charge in [0.1, 0.15) is 12.4 Å². The summed E-state index contributed by atoms with van der Waals surface area (Å²) >= 11 is 1.52. The van der Waals surface area contributed by atoms with Crippen LogP contribution in [-0.4, -0.2) is 46.0 Å². The molecule has 0 spiro atoms. The van der Waals surface area contributed by atoms with Gasteiger partial charge in [0.05, 0.1) is 12.7 Å². The van der Waals surface area contributed by atoms with Crippen molar-refractivity contribution in [2.45, 2.75) is 29.1 Å². The Morgan fingerprint density at radius 2 is 2.17 bits per heavy atom. The van der Waals surface area contributed by atoms with Gasteiger partial charge in [-0.2, -0.15) is 0 Å². The molecule has 0 radical (unpaired) electrons. The first-order chi connectivity index (χ1) is 11.1. The van der Waals surface area contributed by atoms with Gasteiger partial charge in [-0.1, -0.05) is 0 Å². The van der Waals surface area contributed by atoms with Gasteiger partial charge in [0.15, 0.2) is 5.16 Å². The molecule has 0 bridgehead atoms. The van der Waals surface area contributed by atoms with Gasteiger partial charge >= 0.3 is 0 Å². The molecule has 2 aromatic rings. The molecule has 1 aliphatic rings. The average molecular weight is 370 g/mol.